The van der Waals surface area contributed by atoms with Crippen LogP contribution in [0.5, 0.6) is 0 Å². The molecule has 0 N–H and O–H groups in total. The van der Waals surface area contributed by atoms with Gasteiger partial charge in [0, 0.05) is 10.5 Å². The summed E-state index contributed by atoms with van der Waals surface area (Å²) < 4.78 is 0. The van der Waals surface area contributed by atoms with Gasteiger partial charge in [0.25, 0.3) is 0 Å². The van der Waals surface area contributed by atoms with Gasteiger partial charge < -0.3 is 0 Å². The van der Waals surface area contributed by atoms with Gasteiger partial charge in [0.05, 0.1) is 11.1 Å². The Morgan fingerprint density at radius 2 is 2.46 bits per heavy atom. The summed E-state index contributed by atoms with van der Waals surface area (Å²) in [6.07, 6.45) is 1.71. The van der Waals surface area contributed by atoms with E-state index in [9.17, 15) is 0 Å². The summed E-state index contributed by atoms with van der Waals surface area (Å²) >= 11 is 7.62. The molecule has 0 fully saturated rings. The molecule has 0 aliphatic heterocycles. The minimum absolute atomic E-state index is 0.611. The van der Waals surface area contributed by atoms with Crippen LogP contribution in [-0.4, -0.2) is 0 Å². The molecule has 1 aromatic heterocycles. The SMILES string of the molecule is CCCC(C#N)=C(Cl)c1cccs1. The van der Waals surface area contributed by atoms with Gasteiger partial charge >= 0.3 is 0 Å². The quantitative estimate of drug-likeness (QED) is 0.693. The third-order valence-electron chi connectivity index (χ3n) is 1.64. The molecule has 0 aromatic carbocycles. The van der Waals surface area contributed by atoms with Crippen LogP contribution in [0.1, 0.15) is 24.6 Å². The standard InChI is InChI=1S/C10H10ClNS/c1-2-4-8(7-12)10(11)9-5-3-6-13-9/h3,5-6H,2,4H2,1H3. The second-order valence-corrected chi connectivity index (χ2v) is 3.96. The Morgan fingerprint density at radius 3 is 2.92 bits per heavy atom. The zero-order valence-electron chi connectivity index (χ0n) is 7.38. The van der Waals surface area contributed by atoms with Crippen LogP contribution >= 0.6 is 22.9 Å². The maximum atomic E-state index is 8.84. The highest BCUT2D eigenvalue weighted by Crippen LogP contribution is 2.28. The zero-order valence-corrected chi connectivity index (χ0v) is 8.95. The highest BCUT2D eigenvalue weighted by Gasteiger charge is 2.06. The largest absolute Gasteiger partial charge is 0.193 e. The van der Waals surface area contributed by atoms with E-state index in [-0.39, 0.29) is 0 Å². The van der Waals surface area contributed by atoms with E-state index in [0.717, 1.165) is 17.7 Å². The topological polar surface area (TPSA) is 23.8 Å². The maximum absolute atomic E-state index is 8.84. The number of hydrogen-bond donors (Lipinski definition) is 0. The van der Waals surface area contributed by atoms with E-state index in [0.29, 0.717) is 10.6 Å². The molecule has 0 aliphatic rings. The molecule has 0 amide bonds. The molecule has 0 unspecified atom stereocenters. The van der Waals surface area contributed by atoms with Gasteiger partial charge in [-0.15, -0.1) is 11.3 Å². The molecule has 68 valence electrons. The van der Waals surface area contributed by atoms with Crippen molar-refractivity contribution in [1.29, 1.82) is 5.26 Å². The van der Waals surface area contributed by atoms with Gasteiger partial charge in [0.1, 0.15) is 0 Å². The number of hydrogen-bond acceptors (Lipinski definition) is 2. The van der Waals surface area contributed by atoms with Gasteiger partial charge in [-0.1, -0.05) is 31.0 Å². The van der Waals surface area contributed by atoms with E-state index in [1.54, 1.807) is 11.3 Å². The normalized spacial score (nSPS) is 12.1. The van der Waals surface area contributed by atoms with Crippen LogP contribution in [0.15, 0.2) is 23.1 Å². The summed E-state index contributed by atoms with van der Waals surface area (Å²) in [7, 11) is 0. The maximum Gasteiger partial charge on any atom is 0.0963 e. The van der Waals surface area contributed by atoms with Crippen molar-refractivity contribution in [2.24, 2.45) is 0 Å². The molecule has 0 atom stereocenters. The van der Waals surface area contributed by atoms with E-state index in [1.165, 1.54) is 0 Å². The Morgan fingerprint density at radius 1 is 1.69 bits per heavy atom. The van der Waals surface area contributed by atoms with Crippen LogP contribution in [0.25, 0.3) is 5.03 Å². The van der Waals surface area contributed by atoms with E-state index < -0.39 is 0 Å². The number of halogens is 1. The Hall–Kier alpha value is -0.780. The first kappa shape index (κ1) is 10.3. The van der Waals surface area contributed by atoms with Crippen molar-refractivity contribution in [3.63, 3.8) is 0 Å². The van der Waals surface area contributed by atoms with Gasteiger partial charge in [-0.25, -0.2) is 0 Å². The molecule has 13 heavy (non-hydrogen) atoms. The number of nitrogens with zero attached hydrogens (tertiary/aromatic N) is 1. The summed E-state index contributed by atoms with van der Waals surface area (Å²) in [6.45, 7) is 2.04. The molecule has 0 saturated heterocycles. The average Bonchev–Trinajstić information content (AvgIpc) is 2.65. The van der Waals surface area contributed by atoms with Crippen molar-refractivity contribution in [3.8, 4) is 6.07 Å². The molecular weight excluding hydrogens is 202 g/mol. The summed E-state index contributed by atoms with van der Waals surface area (Å²) in [5, 5.41) is 11.4. The van der Waals surface area contributed by atoms with Crippen molar-refractivity contribution in [2.45, 2.75) is 19.8 Å². The average molecular weight is 212 g/mol. The molecule has 1 aromatic rings. The van der Waals surface area contributed by atoms with Gasteiger partial charge in [-0.3, -0.25) is 0 Å². The monoisotopic (exact) mass is 211 g/mol. The summed E-state index contributed by atoms with van der Waals surface area (Å²) in [5.74, 6) is 0. The lowest BCUT2D eigenvalue weighted by molar-refractivity contribution is 0.933. The molecule has 1 nitrogen and oxygen atoms in total. The van der Waals surface area contributed by atoms with E-state index in [4.69, 9.17) is 16.9 Å². The molecule has 0 aliphatic carbocycles. The van der Waals surface area contributed by atoms with E-state index >= 15 is 0 Å². The summed E-state index contributed by atoms with van der Waals surface area (Å²) in [6, 6.07) is 6.01. The smallest absolute Gasteiger partial charge is 0.0963 e. The van der Waals surface area contributed by atoms with Gasteiger partial charge in [-0.05, 0) is 17.9 Å². The minimum atomic E-state index is 0.611. The van der Waals surface area contributed by atoms with Crippen molar-refractivity contribution >= 4 is 28.0 Å². The molecule has 0 saturated carbocycles. The molecule has 0 radical (unpaired) electrons. The Bertz CT molecular complexity index is 332. The van der Waals surface area contributed by atoms with Crippen LogP contribution in [0.4, 0.5) is 0 Å². The van der Waals surface area contributed by atoms with Crippen LogP contribution < -0.4 is 0 Å². The molecule has 1 rings (SSSR count). The zero-order chi connectivity index (χ0) is 9.68. The lowest BCUT2D eigenvalue weighted by Crippen LogP contribution is -1.81. The third kappa shape index (κ3) is 2.58. The second-order valence-electron chi connectivity index (χ2n) is 2.63. The fraction of sp³-hybridized carbons (Fsp3) is 0.300. The lowest BCUT2D eigenvalue weighted by Gasteiger charge is -1.98. The van der Waals surface area contributed by atoms with Crippen LogP contribution in [0.3, 0.4) is 0 Å². The predicted molar refractivity (Wildman–Crippen MR) is 57.6 cm³/mol. The number of rotatable bonds is 3. The molecular formula is C10H10ClNS. The molecule has 3 heteroatoms. The highest BCUT2D eigenvalue weighted by atomic mass is 35.5. The fourth-order valence-electron chi connectivity index (χ4n) is 1.02. The van der Waals surface area contributed by atoms with Gasteiger partial charge in [0.2, 0.25) is 0 Å². The van der Waals surface area contributed by atoms with Crippen molar-refractivity contribution in [3.05, 3.63) is 28.0 Å². The Labute approximate surface area is 87.3 Å². The third-order valence-corrected chi connectivity index (χ3v) is 3.07. The highest BCUT2D eigenvalue weighted by molar-refractivity contribution is 7.12. The van der Waals surface area contributed by atoms with Crippen LogP contribution in [0.2, 0.25) is 0 Å². The first-order valence-corrected chi connectivity index (χ1v) is 5.38. The van der Waals surface area contributed by atoms with Crippen molar-refractivity contribution in [1.82, 2.24) is 0 Å². The Kier molecular flexibility index (Phi) is 4.01. The van der Waals surface area contributed by atoms with E-state index in [1.807, 2.05) is 24.4 Å². The van der Waals surface area contributed by atoms with Crippen LogP contribution in [-0.2, 0) is 0 Å². The van der Waals surface area contributed by atoms with Crippen molar-refractivity contribution < 1.29 is 0 Å². The number of nitriles is 1. The molecule has 0 spiro atoms. The fourth-order valence-corrected chi connectivity index (χ4v) is 2.04. The number of allylic oxidation sites excluding steroid dienone is 1. The number of thiophene rings is 1. The minimum Gasteiger partial charge on any atom is -0.193 e. The van der Waals surface area contributed by atoms with Gasteiger partial charge in [-0.2, -0.15) is 5.26 Å². The molecule has 1 heterocycles. The van der Waals surface area contributed by atoms with Crippen molar-refractivity contribution in [2.75, 3.05) is 0 Å². The summed E-state index contributed by atoms with van der Waals surface area (Å²) in [5.41, 5.74) is 0.687. The van der Waals surface area contributed by atoms with Crippen LogP contribution in [0, 0.1) is 11.3 Å². The first-order chi connectivity index (χ1) is 6.29. The molecule has 0 bridgehead atoms. The first-order valence-electron chi connectivity index (χ1n) is 4.12. The van der Waals surface area contributed by atoms with E-state index in [2.05, 4.69) is 6.07 Å². The van der Waals surface area contributed by atoms with Gasteiger partial charge in [0.15, 0.2) is 0 Å². The lowest BCUT2D eigenvalue weighted by atomic mass is 10.1. The Balaban J connectivity index is 2.96. The summed E-state index contributed by atoms with van der Waals surface area (Å²) in [4.78, 5) is 0.978. The second kappa shape index (κ2) is 5.06. The predicted octanol–water partition coefficient (Wildman–Crippen LogP) is 4.02.